The second-order valence-corrected chi connectivity index (χ2v) is 10.3. The molecule has 0 atom stereocenters. The molecular weight excluding hydrogens is 450 g/mol. The minimum absolute atomic E-state index is 0.0990. The van der Waals surface area contributed by atoms with Crippen molar-refractivity contribution in [2.45, 2.75) is 49.1 Å². The van der Waals surface area contributed by atoms with Gasteiger partial charge in [0.05, 0.1) is 16.4 Å². The molecule has 0 heterocycles. The van der Waals surface area contributed by atoms with Crippen molar-refractivity contribution in [2.75, 3.05) is 13.2 Å². The largest absolute Gasteiger partial charge is 0.476 e. The number of rotatable bonds is 11. The van der Waals surface area contributed by atoms with Crippen LogP contribution in [0.25, 0.3) is 0 Å². The third-order valence-corrected chi connectivity index (χ3v) is 7.02. The van der Waals surface area contributed by atoms with E-state index in [1.807, 2.05) is 30.3 Å². The van der Waals surface area contributed by atoms with Crippen LogP contribution >= 0.6 is 0 Å². The monoisotopic (exact) mass is 481 g/mol. The number of carbonyl (C=O) groups excluding carboxylic acids is 1. The Morgan fingerprint density at radius 3 is 2.26 bits per heavy atom. The first-order valence-corrected chi connectivity index (χ1v) is 12.8. The average molecular weight is 482 g/mol. The lowest BCUT2D eigenvalue weighted by Gasteiger charge is -2.24. The van der Waals surface area contributed by atoms with E-state index in [-0.39, 0.29) is 22.1 Å². The highest BCUT2D eigenvalue weighted by atomic mass is 32.2. The normalized spacial score (nSPS) is 11.7. The Bertz CT molecular complexity index is 1190. The molecule has 3 aromatic rings. The molecule has 0 unspecified atom stereocenters. The molecule has 3 rings (SSSR count). The quantitative estimate of drug-likeness (QED) is 0.319. The van der Waals surface area contributed by atoms with E-state index in [2.05, 4.69) is 17.4 Å². The van der Waals surface area contributed by atoms with Crippen molar-refractivity contribution >= 4 is 15.8 Å². The molecule has 0 saturated heterocycles. The van der Waals surface area contributed by atoms with Gasteiger partial charge >= 0.3 is 5.97 Å². The molecule has 0 amide bonds. The standard InChI is InChI=1S/C27H31NO5S/c1-4-32-26(29)27(2,3)33-23-11-8-12-25(19-23)34(30,31)24-15-13-21(14-16-24)17-18-28-20-22-9-6-5-7-10-22/h5-16,19,28H,4,17-18,20H2,1-3H3. The van der Waals surface area contributed by atoms with Crippen LogP contribution in [-0.2, 0) is 32.3 Å². The summed E-state index contributed by atoms with van der Waals surface area (Å²) in [6, 6.07) is 23.2. The molecule has 34 heavy (non-hydrogen) atoms. The van der Waals surface area contributed by atoms with E-state index >= 15 is 0 Å². The van der Waals surface area contributed by atoms with Crippen LogP contribution in [-0.4, -0.2) is 33.1 Å². The fraction of sp³-hybridized carbons (Fsp3) is 0.296. The van der Waals surface area contributed by atoms with E-state index in [4.69, 9.17) is 9.47 Å². The summed E-state index contributed by atoms with van der Waals surface area (Å²) in [7, 11) is -3.74. The van der Waals surface area contributed by atoms with Crippen LogP contribution < -0.4 is 10.1 Å². The smallest absolute Gasteiger partial charge is 0.349 e. The third-order valence-electron chi connectivity index (χ3n) is 5.25. The first-order chi connectivity index (χ1) is 16.2. The number of hydrogen-bond acceptors (Lipinski definition) is 6. The molecule has 0 radical (unpaired) electrons. The summed E-state index contributed by atoms with van der Waals surface area (Å²) in [6.45, 7) is 6.70. The summed E-state index contributed by atoms with van der Waals surface area (Å²) < 4.78 is 37.1. The first kappa shape index (κ1) is 25.5. The van der Waals surface area contributed by atoms with Gasteiger partial charge in [-0.25, -0.2) is 13.2 Å². The minimum atomic E-state index is -3.74. The highest BCUT2D eigenvalue weighted by molar-refractivity contribution is 7.91. The Labute approximate surface area is 201 Å². The zero-order valence-corrected chi connectivity index (χ0v) is 20.6. The number of esters is 1. The number of hydrogen-bond donors (Lipinski definition) is 1. The van der Waals surface area contributed by atoms with E-state index in [9.17, 15) is 13.2 Å². The maximum absolute atomic E-state index is 13.2. The van der Waals surface area contributed by atoms with Gasteiger partial charge in [-0.2, -0.15) is 0 Å². The number of benzene rings is 3. The number of sulfone groups is 1. The molecule has 7 heteroatoms. The van der Waals surface area contributed by atoms with Gasteiger partial charge in [-0.3, -0.25) is 0 Å². The van der Waals surface area contributed by atoms with Gasteiger partial charge in [0.2, 0.25) is 9.84 Å². The summed E-state index contributed by atoms with van der Waals surface area (Å²) in [6.07, 6.45) is 0.791. The molecular formula is C27H31NO5S. The molecule has 180 valence electrons. The van der Waals surface area contributed by atoms with Gasteiger partial charge < -0.3 is 14.8 Å². The van der Waals surface area contributed by atoms with E-state index in [1.54, 1.807) is 45.0 Å². The van der Waals surface area contributed by atoms with Crippen LogP contribution in [0.1, 0.15) is 31.9 Å². The van der Waals surface area contributed by atoms with Crippen LogP contribution in [0.3, 0.4) is 0 Å². The predicted octanol–water partition coefficient (Wildman–Crippen LogP) is 4.57. The van der Waals surface area contributed by atoms with Crippen molar-refractivity contribution in [1.29, 1.82) is 0 Å². The van der Waals surface area contributed by atoms with Gasteiger partial charge in [0.15, 0.2) is 5.60 Å². The number of ether oxygens (including phenoxy) is 2. The maximum atomic E-state index is 13.2. The first-order valence-electron chi connectivity index (χ1n) is 11.3. The van der Waals surface area contributed by atoms with Gasteiger partial charge in [-0.15, -0.1) is 0 Å². The average Bonchev–Trinajstić information content (AvgIpc) is 2.83. The lowest BCUT2D eigenvalue weighted by atomic mass is 10.1. The fourth-order valence-electron chi connectivity index (χ4n) is 3.38. The number of nitrogens with one attached hydrogen (secondary N) is 1. The van der Waals surface area contributed by atoms with Crippen LogP contribution in [0.4, 0.5) is 0 Å². The Morgan fingerprint density at radius 2 is 1.59 bits per heavy atom. The number of carbonyl (C=O) groups is 1. The molecule has 1 N–H and O–H groups in total. The second kappa shape index (κ2) is 11.3. The molecule has 0 spiro atoms. The SMILES string of the molecule is CCOC(=O)C(C)(C)Oc1cccc(S(=O)(=O)c2ccc(CCNCc3ccccc3)cc2)c1. The highest BCUT2D eigenvalue weighted by Crippen LogP contribution is 2.27. The van der Waals surface area contributed by atoms with Gasteiger partial charge in [-0.1, -0.05) is 48.5 Å². The molecule has 6 nitrogen and oxygen atoms in total. The van der Waals surface area contributed by atoms with Crippen molar-refractivity contribution in [3.8, 4) is 5.75 Å². The second-order valence-electron chi connectivity index (χ2n) is 8.37. The summed E-state index contributed by atoms with van der Waals surface area (Å²) in [5.74, 6) is -0.239. The molecule has 0 fully saturated rings. The van der Waals surface area contributed by atoms with Gasteiger partial charge in [-0.05, 0) is 75.2 Å². The summed E-state index contributed by atoms with van der Waals surface area (Å²) in [4.78, 5) is 12.4. The van der Waals surface area contributed by atoms with Crippen molar-refractivity contribution in [3.05, 3.63) is 90.0 Å². The Balaban J connectivity index is 1.64. The van der Waals surface area contributed by atoms with Crippen LogP contribution in [0.15, 0.2) is 88.7 Å². The zero-order valence-electron chi connectivity index (χ0n) is 19.8. The predicted molar refractivity (Wildman–Crippen MR) is 132 cm³/mol. The van der Waals surface area contributed by atoms with Crippen molar-refractivity contribution in [3.63, 3.8) is 0 Å². The lowest BCUT2D eigenvalue weighted by Crippen LogP contribution is -2.39. The summed E-state index contributed by atoms with van der Waals surface area (Å²) >= 11 is 0. The molecule has 0 aliphatic rings. The Hall–Kier alpha value is -3.16. The van der Waals surface area contributed by atoms with Crippen LogP contribution in [0.5, 0.6) is 5.75 Å². The molecule has 0 aliphatic heterocycles. The van der Waals surface area contributed by atoms with E-state index in [0.29, 0.717) is 0 Å². The van der Waals surface area contributed by atoms with Crippen molar-refractivity contribution in [2.24, 2.45) is 0 Å². The van der Waals surface area contributed by atoms with Crippen LogP contribution in [0, 0.1) is 0 Å². The Morgan fingerprint density at radius 1 is 0.882 bits per heavy atom. The molecule has 3 aromatic carbocycles. The van der Waals surface area contributed by atoms with Crippen molar-refractivity contribution in [1.82, 2.24) is 5.32 Å². The molecule has 0 aromatic heterocycles. The topological polar surface area (TPSA) is 81.7 Å². The summed E-state index contributed by atoms with van der Waals surface area (Å²) in [5.41, 5.74) is 1.03. The van der Waals surface area contributed by atoms with E-state index in [1.165, 1.54) is 17.7 Å². The fourth-order valence-corrected chi connectivity index (χ4v) is 4.67. The maximum Gasteiger partial charge on any atom is 0.349 e. The molecule has 0 saturated carbocycles. The van der Waals surface area contributed by atoms with Crippen LogP contribution in [0.2, 0.25) is 0 Å². The van der Waals surface area contributed by atoms with Gasteiger partial charge in [0, 0.05) is 6.54 Å². The zero-order chi connectivity index (χ0) is 24.6. The lowest BCUT2D eigenvalue weighted by molar-refractivity contribution is -0.158. The minimum Gasteiger partial charge on any atom is -0.476 e. The van der Waals surface area contributed by atoms with E-state index < -0.39 is 21.4 Å². The highest BCUT2D eigenvalue weighted by Gasteiger charge is 2.32. The van der Waals surface area contributed by atoms with Crippen molar-refractivity contribution < 1.29 is 22.7 Å². The summed E-state index contributed by atoms with van der Waals surface area (Å²) in [5, 5.41) is 3.40. The van der Waals surface area contributed by atoms with Gasteiger partial charge in [0.25, 0.3) is 0 Å². The third kappa shape index (κ3) is 6.68. The Kier molecular flexibility index (Phi) is 8.47. The molecule has 0 aliphatic carbocycles. The van der Waals surface area contributed by atoms with Gasteiger partial charge in [0.1, 0.15) is 5.75 Å². The molecule has 0 bridgehead atoms. The van der Waals surface area contributed by atoms with E-state index in [0.717, 1.165) is 25.1 Å².